The summed E-state index contributed by atoms with van der Waals surface area (Å²) in [5.74, 6) is -0.0952. The first kappa shape index (κ1) is 16.9. The smallest absolute Gasteiger partial charge is 0.271 e. The lowest BCUT2D eigenvalue weighted by Gasteiger charge is -2.25. The van der Waals surface area contributed by atoms with Gasteiger partial charge in [-0.1, -0.05) is 13.8 Å². The van der Waals surface area contributed by atoms with E-state index in [0.717, 1.165) is 32.7 Å². The summed E-state index contributed by atoms with van der Waals surface area (Å²) in [5.41, 5.74) is 0.476. The van der Waals surface area contributed by atoms with Crippen LogP contribution in [0.2, 0.25) is 0 Å². The number of β-amino-alcohol motifs (C(OH)–C–C–N with tert-alkyl or cyclic N) is 1. The lowest BCUT2D eigenvalue weighted by molar-refractivity contribution is 0.0657. The van der Waals surface area contributed by atoms with Crippen LogP contribution in [0.5, 0.6) is 0 Å². The van der Waals surface area contributed by atoms with Crippen molar-refractivity contribution in [3.05, 3.63) is 18.0 Å². The van der Waals surface area contributed by atoms with Crippen molar-refractivity contribution in [1.29, 1.82) is 0 Å². The first-order valence-corrected chi connectivity index (χ1v) is 8.05. The molecule has 0 radical (unpaired) electrons. The third-order valence-corrected chi connectivity index (χ3v) is 4.23. The standard InChI is InChI=1S/C15H27N5O2/c1-3-18(4-2)7-8-19-9-10-20(12-13(21)11-19)15(22)14-5-6-16-17-14/h5-6,13,21H,3-4,7-12H2,1-2H3,(H,16,17)/t13-/m0/s1. The molecule has 0 spiro atoms. The second-order valence-electron chi connectivity index (χ2n) is 5.70. The Bertz CT molecular complexity index is 447. The van der Waals surface area contributed by atoms with Crippen LogP contribution in [0.4, 0.5) is 0 Å². The lowest BCUT2D eigenvalue weighted by atomic mass is 10.3. The number of hydrogen-bond acceptors (Lipinski definition) is 5. The number of carbonyl (C=O) groups is 1. The van der Waals surface area contributed by atoms with Gasteiger partial charge in [0, 0.05) is 45.5 Å². The van der Waals surface area contributed by atoms with Crippen LogP contribution < -0.4 is 0 Å². The quantitative estimate of drug-likeness (QED) is 0.766. The summed E-state index contributed by atoms with van der Waals surface area (Å²) in [6.45, 7) is 10.7. The van der Waals surface area contributed by atoms with E-state index in [0.29, 0.717) is 25.3 Å². The fourth-order valence-corrected chi connectivity index (χ4v) is 2.81. The number of nitrogens with one attached hydrogen (secondary N) is 1. The molecule has 1 amide bonds. The largest absolute Gasteiger partial charge is 0.390 e. The summed E-state index contributed by atoms with van der Waals surface area (Å²) in [7, 11) is 0. The number of rotatable bonds is 6. The van der Waals surface area contributed by atoms with Crippen LogP contribution in [0.1, 0.15) is 24.3 Å². The van der Waals surface area contributed by atoms with Gasteiger partial charge < -0.3 is 14.9 Å². The highest BCUT2D eigenvalue weighted by atomic mass is 16.3. The van der Waals surface area contributed by atoms with Gasteiger partial charge in [-0.2, -0.15) is 5.10 Å². The van der Waals surface area contributed by atoms with Crippen LogP contribution in [0, 0.1) is 0 Å². The molecule has 22 heavy (non-hydrogen) atoms. The topological polar surface area (TPSA) is 75.7 Å². The predicted octanol–water partition coefficient (Wildman–Crippen LogP) is -0.130. The maximum absolute atomic E-state index is 12.3. The van der Waals surface area contributed by atoms with Crippen LogP contribution in [-0.2, 0) is 0 Å². The monoisotopic (exact) mass is 309 g/mol. The molecule has 124 valence electrons. The molecule has 2 heterocycles. The average molecular weight is 309 g/mol. The summed E-state index contributed by atoms with van der Waals surface area (Å²) < 4.78 is 0. The number of amides is 1. The molecule has 1 atom stereocenters. The summed E-state index contributed by atoms with van der Waals surface area (Å²) in [6.07, 6.45) is 1.06. The molecular formula is C15H27N5O2. The van der Waals surface area contributed by atoms with Gasteiger partial charge in [-0.05, 0) is 19.2 Å². The van der Waals surface area contributed by atoms with Crippen molar-refractivity contribution < 1.29 is 9.90 Å². The molecular weight excluding hydrogens is 282 g/mol. The minimum atomic E-state index is -0.508. The molecule has 1 aliphatic rings. The number of likely N-dealkylation sites (N-methyl/N-ethyl adjacent to an activating group) is 1. The SMILES string of the molecule is CCN(CC)CCN1CCN(C(=O)c2ccn[nH]2)C[C@@H](O)C1. The van der Waals surface area contributed by atoms with E-state index in [-0.39, 0.29) is 5.91 Å². The van der Waals surface area contributed by atoms with E-state index in [2.05, 4.69) is 33.8 Å². The van der Waals surface area contributed by atoms with Gasteiger partial charge in [0.2, 0.25) is 0 Å². The highest BCUT2D eigenvalue weighted by Crippen LogP contribution is 2.08. The highest BCUT2D eigenvalue weighted by Gasteiger charge is 2.25. The fraction of sp³-hybridized carbons (Fsp3) is 0.733. The summed E-state index contributed by atoms with van der Waals surface area (Å²) in [5, 5.41) is 16.7. The van der Waals surface area contributed by atoms with Crippen LogP contribution >= 0.6 is 0 Å². The molecule has 7 heteroatoms. The molecule has 0 bridgehead atoms. The molecule has 1 aliphatic heterocycles. The number of aromatic amines is 1. The lowest BCUT2D eigenvalue weighted by Crippen LogP contribution is -2.39. The molecule has 7 nitrogen and oxygen atoms in total. The second-order valence-corrected chi connectivity index (χ2v) is 5.70. The van der Waals surface area contributed by atoms with Gasteiger partial charge in [-0.25, -0.2) is 0 Å². The second kappa shape index (κ2) is 8.26. The average Bonchev–Trinajstić information content (AvgIpc) is 2.98. The molecule has 0 aliphatic carbocycles. The zero-order valence-corrected chi connectivity index (χ0v) is 13.5. The van der Waals surface area contributed by atoms with Crippen molar-refractivity contribution in [2.45, 2.75) is 20.0 Å². The van der Waals surface area contributed by atoms with E-state index in [1.807, 2.05) is 0 Å². The van der Waals surface area contributed by atoms with Crippen LogP contribution in [0.25, 0.3) is 0 Å². The van der Waals surface area contributed by atoms with Gasteiger partial charge >= 0.3 is 0 Å². The van der Waals surface area contributed by atoms with E-state index >= 15 is 0 Å². The number of aliphatic hydroxyl groups excluding tert-OH is 1. The van der Waals surface area contributed by atoms with Crippen molar-refractivity contribution >= 4 is 5.91 Å². The van der Waals surface area contributed by atoms with Gasteiger partial charge in [-0.15, -0.1) is 0 Å². The Morgan fingerprint density at radius 2 is 2.18 bits per heavy atom. The minimum absolute atomic E-state index is 0.0952. The predicted molar refractivity (Wildman–Crippen MR) is 84.7 cm³/mol. The van der Waals surface area contributed by atoms with Crippen molar-refractivity contribution in [3.63, 3.8) is 0 Å². The third kappa shape index (κ3) is 4.53. The summed E-state index contributed by atoms with van der Waals surface area (Å²) >= 11 is 0. The van der Waals surface area contributed by atoms with Crippen molar-refractivity contribution in [2.75, 3.05) is 52.4 Å². The van der Waals surface area contributed by atoms with Gasteiger partial charge in [0.15, 0.2) is 0 Å². The molecule has 2 rings (SSSR count). The van der Waals surface area contributed by atoms with Crippen molar-refractivity contribution in [3.8, 4) is 0 Å². The number of hydrogen-bond donors (Lipinski definition) is 2. The first-order valence-electron chi connectivity index (χ1n) is 8.05. The van der Waals surface area contributed by atoms with E-state index < -0.39 is 6.10 Å². The normalized spacial score (nSPS) is 20.4. The number of H-pyrrole nitrogens is 1. The van der Waals surface area contributed by atoms with E-state index in [1.165, 1.54) is 0 Å². The zero-order valence-electron chi connectivity index (χ0n) is 13.5. The Hall–Kier alpha value is -1.44. The van der Waals surface area contributed by atoms with Crippen LogP contribution in [0.3, 0.4) is 0 Å². The van der Waals surface area contributed by atoms with Crippen molar-refractivity contribution in [1.82, 2.24) is 24.9 Å². The Morgan fingerprint density at radius 1 is 1.41 bits per heavy atom. The highest BCUT2D eigenvalue weighted by molar-refractivity contribution is 5.92. The number of aromatic nitrogens is 2. The van der Waals surface area contributed by atoms with Crippen molar-refractivity contribution in [2.24, 2.45) is 0 Å². The molecule has 1 saturated heterocycles. The van der Waals surface area contributed by atoms with Gasteiger partial charge in [0.1, 0.15) is 5.69 Å². The number of nitrogens with zero attached hydrogens (tertiary/aromatic N) is 4. The summed E-state index contributed by atoms with van der Waals surface area (Å²) in [4.78, 5) is 18.7. The van der Waals surface area contributed by atoms with Gasteiger partial charge in [0.05, 0.1) is 6.10 Å². The van der Waals surface area contributed by atoms with E-state index in [9.17, 15) is 9.90 Å². The number of aliphatic hydroxyl groups is 1. The van der Waals surface area contributed by atoms with E-state index in [4.69, 9.17) is 0 Å². The molecule has 0 unspecified atom stereocenters. The Morgan fingerprint density at radius 3 is 2.82 bits per heavy atom. The first-order chi connectivity index (χ1) is 10.6. The Balaban J connectivity index is 1.88. The molecule has 0 aromatic carbocycles. The fourth-order valence-electron chi connectivity index (χ4n) is 2.81. The minimum Gasteiger partial charge on any atom is -0.390 e. The zero-order chi connectivity index (χ0) is 15.9. The molecule has 2 N–H and O–H groups in total. The van der Waals surface area contributed by atoms with Crippen LogP contribution in [0.15, 0.2) is 12.3 Å². The summed E-state index contributed by atoms with van der Waals surface area (Å²) in [6, 6.07) is 1.66. The van der Waals surface area contributed by atoms with Gasteiger partial charge in [-0.3, -0.25) is 14.8 Å². The van der Waals surface area contributed by atoms with Gasteiger partial charge in [0.25, 0.3) is 5.91 Å². The van der Waals surface area contributed by atoms with E-state index in [1.54, 1.807) is 17.2 Å². The molecule has 1 fully saturated rings. The maximum atomic E-state index is 12.3. The molecule has 1 aromatic rings. The molecule has 1 aromatic heterocycles. The number of carbonyl (C=O) groups excluding carboxylic acids is 1. The maximum Gasteiger partial charge on any atom is 0.271 e. The Labute approximate surface area is 131 Å². The van der Waals surface area contributed by atoms with Crippen LogP contribution in [-0.4, -0.2) is 94.4 Å². The Kier molecular flexibility index (Phi) is 6.35. The third-order valence-electron chi connectivity index (χ3n) is 4.23. The molecule has 0 saturated carbocycles.